The number of aromatic nitrogens is 3. The zero-order valence-electron chi connectivity index (χ0n) is 15.7. The van der Waals surface area contributed by atoms with Gasteiger partial charge in [0.1, 0.15) is 11.5 Å². The van der Waals surface area contributed by atoms with Crippen LogP contribution in [0.1, 0.15) is 39.5 Å². The number of anilines is 1. The molecule has 27 heavy (non-hydrogen) atoms. The van der Waals surface area contributed by atoms with Crippen LogP contribution in [0.25, 0.3) is 11.3 Å². The van der Waals surface area contributed by atoms with Crippen LogP contribution in [0, 0.1) is 17.0 Å². The van der Waals surface area contributed by atoms with E-state index < -0.39 is 17.0 Å². The maximum atomic E-state index is 14.6. The molecule has 8 heteroatoms. The van der Waals surface area contributed by atoms with Crippen LogP contribution in [0.4, 0.5) is 14.6 Å². The molecule has 2 aromatic rings. The number of H-pyrrole nitrogens is 1. The van der Waals surface area contributed by atoms with Gasteiger partial charge in [0, 0.05) is 17.2 Å². The van der Waals surface area contributed by atoms with E-state index in [9.17, 15) is 13.6 Å². The van der Waals surface area contributed by atoms with E-state index in [4.69, 9.17) is 0 Å². The molecule has 1 aliphatic rings. The molecule has 1 fully saturated rings. The van der Waals surface area contributed by atoms with E-state index in [1.807, 2.05) is 13.8 Å². The Morgan fingerprint density at radius 2 is 2.00 bits per heavy atom. The topological polar surface area (TPSA) is 73.9 Å². The molecule has 0 aromatic carbocycles. The maximum absolute atomic E-state index is 14.6. The van der Waals surface area contributed by atoms with E-state index in [2.05, 4.69) is 25.4 Å². The first-order valence-electron chi connectivity index (χ1n) is 9.25. The summed E-state index contributed by atoms with van der Waals surface area (Å²) >= 11 is 0. The highest BCUT2D eigenvalue weighted by atomic mass is 19.1. The van der Waals surface area contributed by atoms with Crippen LogP contribution >= 0.6 is 0 Å². The third-order valence-electron chi connectivity index (χ3n) is 5.05. The molecule has 0 saturated carbocycles. The van der Waals surface area contributed by atoms with Crippen LogP contribution in [0.5, 0.6) is 0 Å². The number of hydrogen-bond acceptors (Lipinski definition) is 4. The molecular formula is C19H25F2N5O. The third-order valence-corrected chi connectivity index (χ3v) is 5.05. The summed E-state index contributed by atoms with van der Waals surface area (Å²) in [6, 6.07) is 1.15. The van der Waals surface area contributed by atoms with Gasteiger partial charge in [-0.2, -0.15) is 5.10 Å². The fraction of sp³-hybridized carbons (Fsp3) is 0.526. The van der Waals surface area contributed by atoms with Crippen molar-refractivity contribution in [1.29, 1.82) is 0 Å². The lowest BCUT2D eigenvalue weighted by Gasteiger charge is -2.30. The molecule has 0 unspecified atom stereocenters. The van der Waals surface area contributed by atoms with Gasteiger partial charge in [-0.05, 0) is 45.0 Å². The quantitative estimate of drug-likeness (QED) is 0.807. The zero-order chi connectivity index (χ0) is 19.4. The van der Waals surface area contributed by atoms with Crippen molar-refractivity contribution < 1.29 is 13.6 Å². The number of piperidine rings is 1. The van der Waals surface area contributed by atoms with Gasteiger partial charge in [-0.1, -0.05) is 20.3 Å². The molecule has 6 nitrogen and oxygen atoms in total. The molecule has 3 rings (SSSR count). The number of pyridine rings is 1. The first-order valence-corrected chi connectivity index (χ1v) is 9.25. The highest BCUT2D eigenvalue weighted by Crippen LogP contribution is 2.28. The van der Waals surface area contributed by atoms with Gasteiger partial charge in [-0.15, -0.1) is 0 Å². The molecule has 146 valence electrons. The Bertz CT molecular complexity index is 799. The molecule has 0 atom stereocenters. The molecule has 1 saturated heterocycles. The Balaban J connectivity index is 1.64. The molecule has 3 heterocycles. The Morgan fingerprint density at radius 3 is 2.70 bits per heavy atom. The van der Waals surface area contributed by atoms with E-state index >= 15 is 0 Å². The smallest absolute Gasteiger partial charge is 0.231 e. The van der Waals surface area contributed by atoms with Crippen LogP contribution in [-0.4, -0.2) is 45.6 Å². The van der Waals surface area contributed by atoms with Crippen LogP contribution < -0.4 is 5.32 Å². The molecule has 1 amide bonds. The molecule has 2 N–H and O–H groups in total. The number of nitrogens with zero attached hydrogens (tertiary/aromatic N) is 3. The number of hydrogen-bond donors (Lipinski definition) is 2. The molecule has 2 aromatic heterocycles. The predicted octanol–water partition coefficient (Wildman–Crippen LogP) is 3.59. The summed E-state index contributed by atoms with van der Waals surface area (Å²) in [6.45, 7) is 6.65. The lowest BCUT2D eigenvalue weighted by atomic mass is 9.87. The molecule has 0 aliphatic carbocycles. The average Bonchev–Trinajstić information content (AvgIpc) is 3.01. The fourth-order valence-electron chi connectivity index (χ4n) is 3.16. The number of nitrogens with one attached hydrogen (secondary N) is 2. The van der Waals surface area contributed by atoms with Crippen molar-refractivity contribution in [3.63, 3.8) is 0 Å². The lowest BCUT2D eigenvalue weighted by molar-refractivity contribution is -0.124. The van der Waals surface area contributed by atoms with Gasteiger partial charge < -0.3 is 10.2 Å². The first-order chi connectivity index (χ1) is 12.9. The summed E-state index contributed by atoms with van der Waals surface area (Å²) in [7, 11) is 0. The van der Waals surface area contributed by atoms with Crippen molar-refractivity contribution >= 4 is 11.7 Å². The molecule has 0 bridgehead atoms. The van der Waals surface area contributed by atoms with E-state index in [0.717, 1.165) is 31.9 Å². The van der Waals surface area contributed by atoms with Crippen molar-refractivity contribution in [3.05, 3.63) is 30.1 Å². The summed E-state index contributed by atoms with van der Waals surface area (Å²) in [5.74, 6) is -1.80. The summed E-state index contributed by atoms with van der Waals surface area (Å²) in [6.07, 6.45) is 6.69. The van der Waals surface area contributed by atoms with Crippen molar-refractivity contribution in [3.8, 4) is 11.3 Å². The van der Waals surface area contributed by atoms with Crippen LogP contribution in [0.15, 0.2) is 18.5 Å². The number of rotatable bonds is 6. The van der Waals surface area contributed by atoms with E-state index in [0.29, 0.717) is 6.42 Å². The summed E-state index contributed by atoms with van der Waals surface area (Å²) in [5.41, 5.74) is -0.447. The highest BCUT2D eigenvalue weighted by Gasteiger charge is 2.30. The van der Waals surface area contributed by atoms with E-state index in [-0.39, 0.29) is 23.0 Å². The van der Waals surface area contributed by atoms with Gasteiger partial charge >= 0.3 is 0 Å². The highest BCUT2D eigenvalue weighted by molar-refractivity contribution is 5.94. The van der Waals surface area contributed by atoms with E-state index in [1.165, 1.54) is 25.5 Å². The predicted molar refractivity (Wildman–Crippen MR) is 99.1 cm³/mol. The number of carbonyl (C=O) groups is 1. The van der Waals surface area contributed by atoms with Crippen LogP contribution in [0.3, 0.4) is 0 Å². The number of carbonyl (C=O) groups excluding carboxylic acids is 1. The van der Waals surface area contributed by atoms with Gasteiger partial charge in [0.2, 0.25) is 5.91 Å². The minimum atomic E-state index is -0.734. The summed E-state index contributed by atoms with van der Waals surface area (Å²) < 4.78 is 27.9. The first kappa shape index (κ1) is 19.4. The van der Waals surface area contributed by atoms with Crippen LogP contribution in [-0.2, 0) is 4.79 Å². The normalized spacial score (nSPS) is 15.7. The standard InChI is InChI=1S/C19H25F2N5O/c1-19(2,6-9-26-7-4-3-5-8-26)18(27)23-17-15(21)16(24-25-17)13-10-14(20)12-22-11-13/h10-12H,3-9H2,1-2H3,(H2,23,24,25,27). The van der Waals surface area contributed by atoms with Gasteiger partial charge in [-0.3, -0.25) is 14.9 Å². The van der Waals surface area contributed by atoms with Gasteiger partial charge in [0.05, 0.1) is 6.20 Å². The van der Waals surface area contributed by atoms with Crippen molar-refractivity contribution in [2.24, 2.45) is 5.41 Å². The molecule has 0 radical (unpaired) electrons. The molecule has 1 aliphatic heterocycles. The largest absolute Gasteiger partial charge is 0.306 e. The Labute approximate surface area is 157 Å². The number of likely N-dealkylation sites (tertiary alicyclic amines) is 1. The SMILES string of the molecule is CC(C)(CCN1CCCCC1)C(=O)Nc1n[nH]c(-c2cncc(F)c2)c1F. The minimum absolute atomic E-state index is 0.0107. The molecule has 0 spiro atoms. The third kappa shape index (κ3) is 4.68. The Morgan fingerprint density at radius 1 is 1.26 bits per heavy atom. The maximum Gasteiger partial charge on any atom is 0.231 e. The van der Waals surface area contributed by atoms with Gasteiger partial charge in [-0.25, -0.2) is 8.78 Å². The Hall–Kier alpha value is -2.35. The zero-order valence-corrected chi connectivity index (χ0v) is 15.7. The van der Waals surface area contributed by atoms with Crippen molar-refractivity contribution in [2.45, 2.75) is 39.5 Å². The Kier molecular flexibility index (Phi) is 5.84. The minimum Gasteiger partial charge on any atom is -0.306 e. The number of halogens is 2. The second-order valence-electron chi connectivity index (χ2n) is 7.64. The number of aromatic amines is 1. The fourth-order valence-corrected chi connectivity index (χ4v) is 3.16. The van der Waals surface area contributed by atoms with Gasteiger partial charge in [0.25, 0.3) is 0 Å². The average molecular weight is 377 g/mol. The second kappa shape index (κ2) is 8.12. The van der Waals surface area contributed by atoms with E-state index in [1.54, 1.807) is 0 Å². The summed E-state index contributed by atoms with van der Waals surface area (Å²) in [4.78, 5) is 18.7. The monoisotopic (exact) mass is 377 g/mol. The van der Waals surface area contributed by atoms with Gasteiger partial charge in [0.15, 0.2) is 11.6 Å². The lowest BCUT2D eigenvalue weighted by Crippen LogP contribution is -2.37. The van der Waals surface area contributed by atoms with Crippen molar-refractivity contribution in [2.75, 3.05) is 25.0 Å². The second-order valence-corrected chi connectivity index (χ2v) is 7.64. The molecular weight excluding hydrogens is 352 g/mol. The summed E-state index contributed by atoms with van der Waals surface area (Å²) in [5, 5.41) is 8.89. The van der Waals surface area contributed by atoms with Crippen molar-refractivity contribution in [1.82, 2.24) is 20.1 Å². The van der Waals surface area contributed by atoms with Crippen LogP contribution in [0.2, 0.25) is 0 Å². The number of amides is 1.